The van der Waals surface area contributed by atoms with Crippen LogP contribution < -0.4 is 4.74 Å². The molecule has 1 aliphatic carbocycles. The van der Waals surface area contributed by atoms with Crippen LogP contribution in [0.3, 0.4) is 0 Å². The third-order valence-electron chi connectivity index (χ3n) is 5.91. The van der Waals surface area contributed by atoms with Gasteiger partial charge in [0.1, 0.15) is 5.75 Å². The molecule has 0 unspecified atom stereocenters. The highest BCUT2D eigenvalue weighted by Gasteiger charge is 2.36. The van der Waals surface area contributed by atoms with Crippen molar-refractivity contribution in [1.29, 1.82) is 0 Å². The van der Waals surface area contributed by atoms with Gasteiger partial charge in [-0.05, 0) is 49.5 Å². The van der Waals surface area contributed by atoms with Crippen LogP contribution in [0.1, 0.15) is 36.0 Å². The van der Waals surface area contributed by atoms with Crippen molar-refractivity contribution in [1.82, 2.24) is 4.90 Å². The van der Waals surface area contributed by atoms with Crippen molar-refractivity contribution < 1.29 is 14.6 Å². The zero-order valence-electron chi connectivity index (χ0n) is 16.0. The van der Waals surface area contributed by atoms with Gasteiger partial charge in [-0.3, -0.25) is 4.79 Å². The summed E-state index contributed by atoms with van der Waals surface area (Å²) in [5.74, 6) is 0.854. The van der Waals surface area contributed by atoms with Gasteiger partial charge >= 0.3 is 0 Å². The number of hydrogen-bond acceptors (Lipinski definition) is 3. The van der Waals surface area contributed by atoms with Gasteiger partial charge in [0.25, 0.3) is 0 Å². The Morgan fingerprint density at radius 1 is 1.11 bits per heavy atom. The Balaban J connectivity index is 1.51. The molecule has 1 heterocycles. The molecule has 4 rings (SSSR count). The summed E-state index contributed by atoms with van der Waals surface area (Å²) in [5.41, 5.74) is 2.78. The lowest BCUT2D eigenvalue weighted by Gasteiger charge is -2.39. The van der Waals surface area contributed by atoms with Crippen LogP contribution >= 0.6 is 11.6 Å². The van der Waals surface area contributed by atoms with Crippen molar-refractivity contribution in [2.24, 2.45) is 0 Å². The smallest absolute Gasteiger partial charge is 0.249 e. The van der Waals surface area contributed by atoms with E-state index in [0.29, 0.717) is 37.4 Å². The zero-order chi connectivity index (χ0) is 19.7. The minimum Gasteiger partial charge on any atom is -0.496 e. The minimum absolute atomic E-state index is 0.0413. The number of piperidine rings is 1. The molecule has 0 atom stereocenters. The molecule has 2 aromatic rings. The van der Waals surface area contributed by atoms with Crippen LogP contribution in [0.15, 0.2) is 48.0 Å². The van der Waals surface area contributed by atoms with Crippen LogP contribution in [0.2, 0.25) is 5.02 Å². The van der Waals surface area contributed by atoms with Gasteiger partial charge in [0.05, 0.1) is 12.7 Å². The fraction of sp³-hybridized carbons (Fsp3) is 0.348. The van der Waals surface area contributed by atoms with E-state index in [2.05, 4.69) is 0 Å². The molecular formula is C23H24ClNO3. The van der Waals surface area contributed by atoms with E-state index in [9.17, 15) is 9.90 Å². The number of likely N-dealkylation sites (tertiary alicyclic amines) is 1. The molecule has 0 spiro atoms. The lowest BCUT2D eigenvalue weighted by molar-refractivity contribution is -0.131. The second kappa shape index (κ2) is 7.61. The molecule has 1 N–H and O–H groups in total. The molecule has 1 amide bonds. The number of aliphatic hydroxyl groups is 1. The molecule has 4 nitrogen and oxygen atoms in total. The molecule has 1 fully saturated rings. The summed E-state index contributed by atoms with van der Waals surface area (Å²) in [7, 11) is 1.65. The summed E-state index contributed by atoms with van der Waals surface area (Å²) in [6.45, 7) is 1.08. The molecule has 0 radical (unpaired) electrons. The number of ether oxygens (including phenoxy) is 1. The predicted octanol–water partition coefficient (Wildman–Crippen LogP) is 4.19. The Hall–Kier alpha value is -2.30. The van der Waals surface area contributed by atoms with E-state index in [1.54, 1.807) is 7.11 Å². The fourth-order valence-corrected chi connectivity index (χ4v) is 4.45. The molecule has 0 aromatic heterocycles. The van der Waals surface area contributed by atoms with Crippen molar-refractivity contribution in [3.8, 4) is 5.75 Å². The highest BCUT2D eigenvalue weighted by atomic mass is 35.5. The van der Waals surface area contributed by atoms with E-state index >= 15 is 0 Å². The summed E-state index contributed by atoms with van der Waals surface area (Å²) >= 11 is 6.37. The molecule has 1 aliphatic heterocycles. The van der Waals surface area contributed by atoms with Gasteiger partial charge in [-0.2, -0.15) is 0 Å². The Morgan fingerprint density at radius 3 is 2.50 bits per heavy atom. The van der Waals surface area contributed by atoms with Crippen LogP contribution in [0, 0.1) is 0 Å². The molecule has 2 aliphatic rings. The Labute approximate surface area is 170 Å². The van der Waals surface area contributed by atoms with E-state index in [1.165, 1.54) is 0 Å². The summed E-state index contributed by atoms with van der Waals surface area (Å²) in [6.07, 6.45) is 4.40. The highest BCUT2D eigenvalue weighted by molar-refractivity contribution is 6.32. The molecule has 0 saturated carbocycles. The lowest BCUT2D eigenvalue weighted by Crippen LogP contribution is -2.45. The van der Waals surface area contributed by atoms with Crippen molar-refractivity contribution in [3.63, 3.8) is 0 Å². The maximum atomic E-state index is 13.1. The van der Waals surface area contributed by atoms with Crippen LogP contribution in [-0.4, -0.2) is 36.1 Å². The first kappa shape index (κ1) is 19.0. The number of amides is 1. The van der Waals surface area contributed by atoms with Gasteiger partial charge in [0, 0.05) is 34.8 Å². The van der Waals surface area contributed by atoms with E-state index in [1.807, 2.05) is 53.4 Å². The summed E-state index contributed by atoms with van der Waals surface area (Å²) in [4.78, 5) is 14.9. The van der Waals surface area contributed by atoms with Crippen LogP contribution in [0.4, 0.5) is 0 Å². The fourth-order valence-electron chi connectivity index (χ4n) is 4.22. The van der Waals surface area contributed by atoms with E-state index in [0.717, 1.165) is 34.4 Å². The van der Waals surface area contributed by atoms with Gasteiger partial charge in [0.2, 0.25) is 5.91 Å². The first-order chi connectivity index (χ1) is 13.5. The molecule has 5 heteroatoms. The third kappa shape index (κ3) is 3.43. The molecule has 28 heavy (non-hydrogen) atoms. The number of rotatable bonds is 3. The number of nitrogens with zero attached hydrogens (tertiary/aromatic N) is 1. The SMILES string of the molecule is COc1ccc(Cl)c2c1CCC(C(=O)N1CCC(O)(c3ccccc3)CC1)=C2. The standard InChI is InChI=1S/C23H24ClNO3/c1-28-21-10-9-20(24)19-15-16(7-8-18(19)21)22(26)25-13-11-23(27,12-14-25)17-5-3-2-4-6-17/h2-6,9-10,15,27H,7-8,11-14H2,1H3. The van der Waals surface area contributed by atoms with Crippen LogP contribution in [0.5, 0.6) is 5.75 Å². The topological polar surface area (TPSA) is 49.8 Å². The number of hydrogen-bond donors (Lipinski definition) is 1. The number of benzene rings is 2. The first-order valence-corrected chi connectivity index (χ1v) is 10.0. The van der Waals surface area contributed by atoms with Crippen molar-refractivity contribution >= 4 is 23.6 Å². The molecule has 1 saturated heterocycles. The summed E-state index contributed by atoms with van der Waals surface area (Å²) in [6, 6.07) is 13.4. The quantitative estimate of drug-likeness (QED) is 0.844. The normalized spacial score (nSPS) is 18.2. The second-order valence-corrected chi connectivity index (χ2v) is 7.91. The van der Waals surface area contributed by atoms with Gasteiger partial charge in [-0.25, -0.2) is 0 Å². The summed E-state index contributed by atoms with van der Waals surface area (Å²) < 4.78 is 5.43. The average Bonchev–Trinajstić information content (AvgIpc) is 2.75. The first-order valence-electron chi connectivity index (χ1n) is 9.65. The lowest BCUT2D eigenvalue weighted by atomic mass is 9.84. The van der Waals surface area contributed by atoms with Crippen LogP contribution in [0.25, 0.3) is 6.08 Å². The maximum Gasteiger partial charge on any atom is 0.249 e. The third-order valence-corrected chi connectivity index (χ3v) is 6.24. The molecule has 0 bridgehead atoms. The van der Waals surface area contributed by atoms with Gasteiger partial charge in [0.15, 0.2) is 0 Å². The molecular weight excluding hydrogens is 374 g/mol. The molecule has 2 aromatic carbocycles. The number of carbonyl (C=O) groups excluding carboxylic acids is 1. The number of fused-ring (bicyclic) bond motifs is 1. The molecule has 146 valence electrons. The largest absolute Gasteiger partial charge is 0.496 e. The van der Waals surface area contributed by atoms with E-state index in [4.69, 9.17) is 16.3 Å². The monoisotopic (exact) mass is 397 g/mol. The highest BCUT2D eigenvalue weighted by Crippen LogP contribution is 2.37. The average molecular weight is 398 g/mol. The number of halogens is 1. The van der Waals surface area contributed by atoms with Crippen molar-refractivity contribution in [3.05, 3.63) is 69.8 Å². The Kier molecular flexibility index (Phi) is 5.17. The number of carbonyl (C=O) groups is 1. The van der Waals surface area contributed by atoms with Crippen LogP contribution in [-0.2, 0) is 16.8 Å². The van der Waals surface area contributed by atoms with Gasteiger partial charge < -0.3 is 14.7 Å². The maximum absolute atomic E-state index is 13.1. The van der Waals surface area contributed by atoms with Crippen molar-refractivity contribution in [2.45, 2.75) is 31.3 Å². The van der Waals surface area contributed by atoms with E-state index < -0.39 is 5.60 Å². The van der Waals surface area contributed by atoms with Gasteiger partial charge in [-0.15, -0.1) is 0 Å². The Morgan fingerprint density at radius 2 is 1.82 bits per heavy atom. The van der Waals surface area contributed by atoms with Gasteiger partial charge in [-0.1, -0.05) is 41.9 Å². The zero-order valence-corrected chi connectivity index (χ0v) is 16.7. The predicted molar refractivity (Wildman–Crippen MR) is 110 cm³/mol. The van der Waals surface area contributed by atoms with E-state index in [-0.39, 0.29) is 5.91 Å². The minimum atomic E-state index is -0.859. The Bertz CT molecular complexity index is 915. The number of methoxy groups -OCH3 is 1. The summed E-state index contributed by atoms with van der Waals surface area (Å²) in [5, 5.41) is 11.6. The second-order valence-electron chi connectivity index (χ2n) is 7.50. The van der Waals surface area contributed by atoms with Crippen molar-refractivity contribution in [2.75, 3.05) is 20.2 Å².